The normalized spacial score (nSPS) is 20.8. The zero-order valence-electron chi connectivity index (χ0n) is 9.56. The molecule has 0 radical (unpaired) electrons. The van der Waals surface area contributed by atoms with Crippen molar-refractivity contribution >= 4 is 0 Å². The Morgan fingerprint density at radius 2 is 2.12 bits per heavy atom. The Morgan fingerprint density at radius 1 is 1.29 bits per heavy atom. The molecule has 4 heteroatoms. The molecule has 17 heavy (non-hydrogen) atoms. The van der Waals surface area contributed by atoms with E-state index in [4.69, 9.17) is 0 Å². The number of alkyl halides is 2. The molecule has 0 saturated carbocycles. The molecule has 0 amide bonds. The van der Waals surface area contributed by atoms with Gasteiger partial charge in [-0.15, -0.1) is 0 Å². The first-order chi connectivity index (χ1) is 8.16. The molecule has 1 atom stereocenters. The van der Waals surface area contributed by atoms with Crippen molar-refractivity contribution in [1.82, 2.24) is 5.32 Å². The number of benzene rings is 1. The fourth-order valence-corrected chi connectivity index (χ4v) is 2.25. The highest BCUT2D eigenvalue weighted by Gasteiger charge is 2.17. The third kappa shape index (κ3) is 3.22. The standard InChI is InChI=1S/C13H16F3N/c14-12-5-4-9(13(15)16)7-10(12)8-11-3-1-2-6-17-11/h4-5,7,11,13,17H,1-3,6,8H2. The van der Waals surface area contributed by atoms with Gasteiger partial charge in [-0.2, -0.15) is 0 Å². The monoisotopic (exact) mass is 243 g/mol. The van der Waals surface area contributed by atoms with Gasteiger partial charge in [0.05, 0.1) is 0 Å². The summed E-state index contributed by atoms with van der Waals surface area (Å²) in [7, 11) is 0. The summed E-state index contributed by atoms with van der Waals surface area (Å²) >= 11 is 0. The summed E-state index contributed by atoms with van der Waals surface area (Å²) in [6, 6.07) is 3.79. The molecule has 1 aliphatic heterocycles. The SMILES string of the molecule is Fc1ccc(C(F)F)cc1CC1CCCCN1. The molecule has 0 spiro atoms. The first-order valence-corrected chi connectivity index (χ1v) is 5.96. The lowest BCUT2D eigenvalue weighted by Gasteiger charge is -2.23. The molecular formula is C13H16F3N. The number of rotatable bonds is 3. The van der Waals surface area contributed by atoms with Gasteiger partial charge in [0.15, 0.2) is 0 Å². The first-order valence-electron chi connectivity index (χ1n) is 5.96. The van der Waals surface area contributed by atoms with Crippen molar-refractivity contribution in [3.8, 4) is 0 Å². The van der Waals surface area contributed by atoms with Crippen molar-refractivity contribution in [1.29, 1.82) is 0 Å². The molecule has 1 heterocycles. The molecule has 1 aromatic carbocycles. The van der Waals surface area contributed by atoms with E-state index < -0.39 is 6.43 Å². The lowest BCUT2D eigenvalue weighted by molar-refractivity contribution is 0.151. The van der Waals surface area contributed by atoms with Crippen molar-refractivity contribution in [3.05, 3.63) is 35.1 Å². The second-order valence-electron chi connectivity index (χ2n) is 4.50. The number of piperidine rings is 1. The van der Waals surface area contributed by atoms with Gasteiger partial charge in [0.2, 0.25) is 0 Å². The van der Waals surface area contributed by atoms with Crippen molar-refractivity contribution in [2.75, 3.05) is 6.54 Å². The van der Waals surface area contributed by atoms with Gasteiger partial charge in [-0.1, -0.05) is 12.5 Å². The van der Waals surface area contributed by atoms with Crippen molar-refractivity contribution < 1.29 is 13.2 Å². The molecule has 0 aliphatic carbocycles. The summed E-state index contributed by atoms with van der Waals surface area (Å²) in [5.41, 5.74) is 0.291. The Bertz CT molecular complexity index is 373. The van der Waals surface area contributed by atoms with Crippen LogP contribution in [0.25, 0.3) is 0 Å². The fourth-order valence-electron chi connectivity index (χ4n) is 2.25. The van der Waals surface area contributed by atoms with Gasteiger partial charge < -0.3 is 5.32 Å². The Kier molecular flexibility index (Phi) is 4.05. The van der Waals surface area contributed by atoms with Crippen LogP contribution < -0.4 is 5.32 Å². The Labute approximate surface area is 99.0 Å². The van der Waals surface area contributed by atoms with E-state index >= 15 is 0 Å². The van der Waals surface area contributed by atoms with E-state index in [1.807, 2.05) is 0 Å². The molecule has 94 valence electrons. The Balaban J connectivity index is 2.10. The Morgan fingerprint density at radius 3 is 2.76 bits per heavy atom. The second-order valence-corrected chi connectivity index (χ2v) is 4.50. The van der Waals surface area contributed by atoms with Crippen LogP contribution in [0.4, 0.5) is 13.2 Å². The van der Waals surface area contributed by atoms with Crippen LogP contribution in [-0.2, 0) is 6.42 Å². The smallest absolute Gasteiger partial charge is 0.263 e. The molecular weight excluding hydrogens is 227 g/mol. The Hall–Kier alpha value is -1.03. The molecule has 1 fully saturated rings. The minimum atomic E-state index is -2.53. The van der Waals surface area contributed by atoms with Gasteiger partial charge in [0.1, 0.15) is 5.82 Å². The molecule has 1 unspecified atom stereocenters. The zero-order valence-corrected chi connectivity index (χ0v) is 9.56. The largest absolute Gasteiger partial charge is 0.314 e. The van der Waals surface area contributed by atoms with Crippen LogP contribution >= 0.6 is 0 Å². The van der Waals surface area contributed by atoms with Crippen molar-refractivity contribution in [3.63, 3.8) is 0 Å². The fraction of sp³-hybridized carbons (Fsp3) is 0.538. The van der Waals surface area contributed by atoms with Gasteiger partial charge in [-0.25, -0.2) is 13.2 Å². The summed E-state index contributed by atoms with van der Waals surface area (Å²) in [4.78, 5) is 0. The van der Waals surface area contributed by atoms with Crippen LogP contribution in [0.2, 0.25) is 0 Å². The molecule has 0 aromatic heterocycles. The van der Waals surface area contributed by atoms with Crippen LogP contribution in [0.1, 0.15) is 36.8 Å². The van der Waals surface area contributed by atoms with Crippen LogP contribution in [-0.4, -0.2) is 12.6 Å². The molecule has 1 saturated heterocycles. The van der Waals surface area contributed by atoms with Gasteiger partial charge in [-0.05, 0) is 43.5 Å². The van der Waals surface area contributed by atoms with E-state index in [1.165, 1.54) is 6.07 Å². The van der Waals surface area contributed by atoms with Crippen molar-refractivity contribution in [2.45, 2.75) is 38.2 Å². The molecule has 1 N–H and O–H groups in total. The van der Waals surface area contributed by atoms with Crippen LogP contribution in [0.15, 0.2) is 18.2 Å². The average Bonchev–Trinajstić information content (AvgIpc) is 2.33. The average molecular weight is 243 g/mol. The molecule has 0 bridgehead atoms. The van der Waals surface area contributed by atoms with Crippen molar-refractivity contribution in [2.24, 2.45) is 0 Å². The van der Waals surface area contributed by atoms with Crippen LogP contribution in [0, 0.1) is 5.82 Å². The highest BCUT2D eigenvalue weighted by Crippen LogP contribution is 2.23. The molecule has 2 rings (SSSR count). The molecule has 1 aromatic rings. The summed E-state index contributed by atoms with van der Waals surface area (Å²) < 4.78 is 38.6. The van der Waals surface area contributed by atoms with Gasteiger partial charge >= 0.3 is 0 Å². The van der Waals surface area contributed by atoms with E-state index in [-0.39, 0.29) is 17.4 Å². The second kappa shape index (κ2) is 5.54. The number of nitrogens with one attached hydrogen (secondary N) is 1. The highest BCUT2D eigenvalue weighted by atomic mass is 19.3. The summed E-state index contributed by atoms with van der Waals surface area (Å²) in [6.45, 7) is 0.931. The van der Waals surface area contributed by atoms with Gasteiger partial charge in [0.25, 0.3) is 6.43 Å². The highest BCUT2D eigenvalue weighted by molar-refractivity contribution is 5.26. The number of hydrogen-bond acceptors (Lipinski definition) is 1. The third-order valence-corrected chi connectivity index (χ3v) is 3.20. The maximum atomic E-state index is 13.5. The van der Waals surface area contributed by atoms with E-state index in [9.17, 15) is 13.2 Å². The minimum absolute atomic E-state index is 0.0998. The van der Waals surface area contributed by atoms with Crippen LogP contribution in [0.5, 0.6) is 0 Å². The third-order valence-electron chi connectivity index (χ3n) is 3.20. The maximum Gasteiger partial charge on any atom is 0.263 e. The van der Waals surface area contributed by atoms with Crippen LogP contribution in [0.3, 0.4) is 0 Å². The predicted octanol–water partition coefficient (Wildman–Crippen LogP) is 3.45. The summed E-state index contributed by atoms with van der Waals surface area (Å²) in [5, 5.41) is 3.29. The van der Waals surface area contributed by atoms with Gasteiger partial charge in [0, 0.05) is 11.6 Å². The first kappa shape index (κ1) is 12.4. The predicted molar refractivity (Wildman–Crippen MR) is 60.7 cm³/mol. The van der Waals surface area contributed by atoms with E-state index in [0.717, 1.165) is 37.9 Å². The lowest BCUT2D eigenvalue weighted by Crippen LogP contribution is -2.35. The summed E-state index contributed by atoms with van der Waals surface area (Å²) in [5.74, 6) is -0.387. The summed E-state index contributed by atoms with van der Waals surface area (Å²) in [6.07, 6.45) is 1.20. The van der Waals surface area contributed by atoms with Gasteiger partial charge in [-0.3, -0.25) is 0 Å². The molecule has 1 aliphatic rings. The van der Waals surface area contributed by atoms with E-state index in [1.54, 1.807) is 0 Å². The number of halogens is 3. The zero-order chi connectivity index (χ0) is 12.3. The topological polar surface area (TPSA) is 12.0 Å². The van der Waals surface area contributed by atoms with E-state index in [2.05, 4.69) is 5.32 Å². The van der Waals surface area contributed by atoms with E-state index in [0.29, 0.717) is 12.0 Å². The molecule has 1 nitrogen and oxygen atoms in total. The lowest BCUT2D eigenvalue weighted by atomic mass is 9.96. The minimum Gasteiger partial charge on any atom is -0.314 e. The maximum absolute atomic E-state index is 13.5. The number of hydrogen-bond donors (Lipinski definition) is 1. The quantitative estimate of drug-likeness (QED) is 0.857.